The number of allylic oxidation sites excluding steroid dienone is 12. The van der Waals surface area contributed by atoms with Gasteiger partial charge < -0.3 is 39.9 Å². The van der Waals surface area contributed by atoms with E-state index in [2.05, 4.69) is 86.8 Å². The summed E-state index contributed by atoms with van der Waals surface area (Å²) in [6.07, 6.45) is 35.2. The zero-order valence-electron chi connectivity index (χ0n) is 38.3. The monoisotopic (exact) mass is 911 g/mol. The molecule has 1 aliphatic rings. The lowest BCUT2D eigenvalue weighted by atomic mass is 9.85. The molecule has 13 nitrogen and oxygen atoms in total. The Balaban J connectivity index is 2.49. The zero-order chi connectivity index (χ0) is 46.4. The molecule has 0 heterocycles. The third-order valence-corrected chi connectivity index (χ3v) is 11.5. The van der Waals surface area contributed by atoms with Crippen LogP contribution in [0.1, 0.15) is 168 Å². The summed E-state index contributed by atoms with van der Waals surface area (Å²) in [5.41, 5.74) is 0. The van der Waals surface area contributed by atoms with Gasteiger partial charge in [0.1, 0.15) is 43.2 Å². The lowest BCUT2D eigenvalue weighted by Gasteiger charge is -2.41. The van der Waals surface area contributed by atoms with Crippen LogP contribution in [0.2, 0.25) is 0 Å². The average molecular weight is 911 g/mol. The van der Waals surface area contributed by atoms with Gasteiger partial charge in [-0.15, -0.1) is 0 Å². The van der Waals surface area contributed by atoms with Crippen LogP contribution in [-0.4, -0.2) is 98.3 Å². The normalized spacial score (nSPS) is 22.3. The van der Waals surface area contributed by atoms with E-state index in [1.165, 1.54) is 38.5 Å². The van der Waals surface area contributed by atoms with E-state index in [1.807, 2.05) is 0 Å². The molecule has 362 valence electrons. The molecule has 0 radical (unpaired) electrons. The van der Waals surface area contributed by atoms with Crippen LogP contribution >= 0.6 is 7.82 Å². The van der Waals surface area contributed by atoms with E-state index in [9.17, 15) is 44.6 Å². The van der Waals surface area contributed by atoms with Crippen molar-refractivity contribution >= 4 is 19.8 Å². The Kier molecular flexibility index (Phi) is 35.7. The van der Waals surface area contributed by atoms with E-state index in [0.29, 0.717) is 12.8 Å². The summed E-state index contributed by atoms with van der Waals surface area (Å²) in [7, 11) is -5.14. The molecule has 0 spiro atoms. The maximum Gasteiger partial charge on any atom is 0.472 e. The summed E-state index contributed by atoms with van der Waals surface area (Å²) < 4.78 is 33.5. The Labute approximate surface area is 378 Å². The molecule has 0 aromatic heterocycles. The van der Waals surface area contributed by atoms with E-state index in [0.717, 1.165) is 89.9 Å². The Hall–Kier alpha value is -2.71. The number of unbranched alkanes of at least 4 members (excludes halogenated alkanes) is 14. The summed E-state index contributed by atoms with van der Waals surface area (Å²) in [6.45, 7) is 3.19. The first-order chi connectivity index (χ1) is 30.4. The second-order valence-electron chi connectivity index (χ2n) is 16.3. The zero-order valence-corrected chi connectivity index (χ0v) is 39.2. The molecular weight excluding hydrogens is 828 g/mol. The molecule has 0 amide bonds. The van der Waals surface area contributed by atoms with E-state index >= 15 is 0 Å². The third kappa shape index (κ3) is 31.0. The minimum Gasteiger partial charge on any atom is -0.462 e. The fourth-order valence-corrected chi connectivity index (χ4v) is 7.62. The second kappa shape index (κ2) is 38.5. The van der Waals surface area contributed by atoms with Crippen molar-refractivity contribution in [1.82, 2.24) is 0 Å². The van der Waals surface area contributed by atoms with Gasteiger partial charge in [0.05, 0.1) is 6.61 Å². The van der Waals surface area contributed by atoms with Crippen molar-refractivity contribution in [1.29, 1.82) is 0 Å². The van der Waals surface area contributed by atoms with Gasteiger partial charge in [-0.05, 0) is 89.9 Å². The number of hydrogen-bond donors (Lipinski definition) is 6. The molecule has 0 aliphatic heterocycles. The Bertz CT molecular complexity index is 1380. The summed E-state index contributed by atoms with van der Waals surface area (Å²) in [5.74, 6) is -1.16. The van der Waals surface area contributed by atoms with Gasteiger partial charge in [-0.2, -0.15) is 0 Å². The van der Waals surface area contributed by atoms with Crippen molar-refractivity contribution in [2.24, 2.45) is 0 Å². The van der Waals surface area contributed by atoms with Crippen LogP contribution in [0.3, 0.4) is 0 Å². The van der Waals surface area contributed by atoms with Gasteiger partial charge >= 0.3 is 19.8 Å². The molecule has 1 fully saturated rings. The summed E-state index contributed by atoms with van der Waals surface area (Å²) in [6, 6.07) is 0. The highest BCUT2D eigenvalue weighted by atomic mass is 31.2. The van der Waals surface area contributed by atoms with E-state index < -0.39 is 75.7 Å². The predicted molar refractivity (Wildman–Crippen MR) is 249 cm³/mol. The SMILES string of the molecule is CCCCC/C=C\C/C=C\C/C=C\CCCCCCCCC(=O)O[C@H](COC(=O)CCCC/C=C\C/C=C\C/C=C\CCCCC)COP(=O)(O)OC1C(O)C(O)C(O)[C@@H](O)C1O. The molecule has 1 aliphatic carbocycles. The summed E-state index contributed by atoms with van der Waals surface area (Å²) in [5, 5.41) is 50.2. The summed E-state index contributed by atoms with van der Waals surface area (Å²) >= 11 is 0. The van der Waals surface area contributed by atoms with Crippen molar-refractivity contribution in [3.05, 3.63) is 72.9 Å². The Morgan fingerprint density at radius 1 is 0.492 bits per heavy atom. The quantitative estimate of drug-likeness (QED) is 0.0148. The maximum atomic E-state index is 12.8. The number of carbonyl (C=O) groups is 2. The number of carbonyl (C=O) groups excluding carboxylic acids is 2. The molecule has 1 rings (SSSR count). The molecule has 63 heavy (non-hydrogen) atoms. The molecule has 6 N–H and O–H groups in total. The number of ether oxygens (including phenoxy) is 2. The first-order valence-corrected chi connectivity index (χ1v) is 25.2. The minimum absolute atomic E-state index is 0.0701. The van der Waals surface area contributed by atoms with Crippen LogP contribution in [-0.2, 0) is 32.7 Å². The number of phosphoric acid groups is 1. The van der Waals surface area contributed by atoms with Crippen molar-refractivity contribution in [2.45, 2.75) is 211 Å². The molecular formula is C49H83O13P. The second-order valence-corrected chi connectivity index (χ2v) is 17.7. The molecule has 0 aromatic rings. The van der Waals surface area contributed by atoms with Crippen LogP contribution in [0.4, 0.5) is 0 Å². The molecule has 8 atom stereocenters. The Morgan fingerprint density at radius 2 is 0.857 bits per heavy atom. The highest BCUT2D eigenvalue weighted by molar-refractivity contribution is 7.47. The Morgan fingerprint density at radius 3 is 1.33 bits per heavy atom. The van der Waals surface area contributed by atoms with Crippen LogP contribution in [0.15, 0.2) is 72.9 Å². The highest BCUT2D eigenvalue weighted by Gasteiger charge is 2.51. The number of hydrogen-bond acceptors (Lipinski definition) is 12. The molecule has 0 aromatic carbocycles. The fourth-order valence-electron chi connectivity index (χ4n) is 6.65. The number of phosphoric ester groups is 1. The number of aliphatic hydroxyl groups is 5. The van der Waals surface area contributed by atoms with Crippen LogP contribution in [0.5, 0.6) is 0 Å². The van der Waals surface area contributed by atoms with Crippen molar-refractivity contribution in [2.75, 3.05) is 13.2 Å². The molecule has 6 unspecified atom stereocenters. The van der Waals surface area contributed by atoms with E-state index in [-0.39, 0.29) is 12.8 Å². The largest absolute Gasteiger partial charge is 0.472 e. The maximum absolute atomic E-state index is 12.8. The van der Waals surface area contributed by atoms with Gasteiger partial charge in [0, 0.05) is 12.8 Å². The first-order valence-electron chi connectivity index (χ1n) is 23.7. The minimum atomic E-state index is -5.14. The number of esters is 2. The van der Waals surface area contributed by atoms with Gasteiger partial charge in [0.25, 0.3) is 0 Å². The summed E-state index contributed by atoms with van der Waals surface area (Å²) in [4.78, 5) is 35.7. The van der Waals surface area contributed by atoms with E-state index in [1.54, 1.807) is 0 Å². The molecule has 14 heteroatoms. The lowest BCUT2D eigenvalue weighted by molar-refractivity contribution is -0.220. The first kappa shape index (κ1) is 58.3. The van der Waals surface area contributed by atoms with Crippen molar-refractivity contribution in [3.63, 3.8) is 0 Å². The van der Waals surface area contributed by atoms with Crippen molar-refractivity contribution in [3.8, 4) is 0 Å². The van der Waals surface area contributed by atoms with Gasteiger partial charge in [0.2, 0.25) is 0 Å². The fraction of sp³-hybridized carbons (Fsp3) is 0.714. The predicted octanol–water partition coefficient (Wildman–Crippen LogP) is 9.50. The van der Waals surface area contributed by atoms with Gasteiger partial charge in [-0.25, -0.2) is 4.57 Å². The smallest absolute Gasteiger partial charge is 0.462 e. The highest BCUT2D eigenvalue weighted by Crippen LogP contribution is 2.47. The van der Waals surface area contributed by atoms with Gasteiger partial charge in [0.15, 0.2) is 6.10 Å². The van der Waals surface area contributed by atoms with Crippen LogP contribution in [0.25, 0.3) is 0 Å². The molecule has 0 bridgehead atoms. The topological polar surface area (TPSA) is 210 Å². The average Bonchev–Trinajstić information content (AvgIpc) is 3.26. The number of rotatable bonds is 38. The van der Waals surface area contributed by atoms with Gasteiger partial charge in [-0.1, -0.05) is 138 Å². The number of aliphatic hydroxyl groups excluding tert-OH is 5. The molecule has 0 saturated heterocycles. The standard InChI is InChI=1S/C49H83O13P/c1-3-5-7-9-11-13-15-17-19-20-21-22-24-26-28-30-32-34-36-38-43(51)61-41(40-60-63(57,58)62-49-47(55)45(53)44(52)46(54)48(49)56)39-59-42(50)37-35-33-31-29-27-25-23-18-16-14-12-10-8-6-4-2/h11-14,17-19,21-23,27,29,41,44-49,52-56H,3-10,15-16,20,24-26,28,30-40H2,1-2H3,(H,57,58)/b13-11-,14-12-,19-17-,22-21-,23-18-,29-27-/t41-,44?,45-,46?,47?,48?,49?/m1/s1. The van der Waals surface area contributed by atoms with Crippen LogP contribution < -0.4 is 0 Å². The van der Waals surface area contributed by atoms with Crippen LogP contribution in [0, 0.1) is 0 Å². The molecule has 1 saturated carbocycles. The van der Waals surface area contributed by atoms with E-state index in [4.69, 9.17) is 18.5 Å². The van der Waals surface area contributed by atoms with Crippen molar-refractivity contribution < 1.29 is 63.1 Å². The third-order valence-electron chi connectivity index (χ3n) is 10.5. The lowest BCUT2D eigenvalue weighted by Crippen LogP contribution is -2.64. The van der Waals surface area contributed by atoms with Gasteiger partial charge in [-0.3, -0.25) is 18.6 Å².